The van der Waals surface area contributed by atoms with Crippen molar-refractivity contribution in [2.75, 3.05) is 33.3 Å². The number of likely N-dealkylation sites (tertiary alicyclic amines) is 1. The van der Waals surface area contributed by atoms with Crippen LogP contribution in [-0.2, 0) is 9.53 Å². The number of hydrogen-bond donors (Lipinski definition) is 1. The molecule has 1 amide bonds. The van der Waals surface area contributed by atoms with Gasteiger partial charge in [-0.05, 0) is 25.9 Å². The molecule has 2 unspecified atom stereocenters. The van der Waals surface area contributed by atoms with Gasteiger partial charge in [-0.3, -0.25) is 4.90 Å². The molecule has 0 spiro atoms. The maximum atomic E-state index is 11.4. The average molecular weight is 228 g/mol. The normalized spacial score (nSPS) is 30.8. The Hall–Kier alpha value is -1.30. The van der Waals surface area contributed by atoms with E-state index in [4.69, 9.17) is 9.84 Å². The van der Waals surface area contributed by atoms with Crippen LogP contribution in [0.5, 0.6) is 0 Å². The minimum absolute atomic E-state index is 0.0310. The highest BCUT2D eigenvalue weighted by molar-refractivity contribution is 5.82. The number of ether oxygens (including phenoxy) is 1. The molecule has 0 radical (unpaired) electrons. The third-order valence-corrected chi connectivity index (χ3v) is 3.20. The van der Waals surface area contributed by atoms with Crippen LogP contribution in [0.15, 0.2) is 0 Å². The Morgan fingerprint density at radius 2 is 2.38 bits per heavy atom. The highest BCUT2D eigenvalue weighted by atomic mass is 16.6. The molecular formula is C10H16N2O4. The molecule has 90 valence electrons. The third-order valence-electron chi connectivity index (χ3n) is 3.20. The maximum absolute atomic E-state index is 11.4. The Morgan fingerprint density at radius 1 is 1.62 bits per heavy atom. The molecule has 16 heavy (non-hydrogen) atoms. The Bertz CT molecular complexity index is 307. The van der Waals surface area contributed by atoms with Gasteiger partial charge in [-0.2, -0.15) is 0 Å². The van der Waals surface area contributed by atoms with E-state index in [1.54, 1.807) is 0 Å². The second kappa shape index (κ2) is 4.29. The van der Waals surface area contributed by atoms with Crippen molar-refractivity contribution < 1.29 is 19.4 Å². The second-order valence-electron chi connectivity index (χ2n) is 4.50. The molecule has 2 saturated heterocycles. The lowest BCUT2D eigenvalue weighted by atomic mass is 10.1. The van der Waals surface area contributed by atoms with Gasteiger partial charge in [0, 0.05) is 13.1 Å². The Balaban J connectivity index is 1.96. The minimum atomic E-state index is -0.989. The fourth-order valence-electron chi connectivity index (χ4n) is 2.31. The first-order valence-corrected chi connectivity index (χ1v) is 5.42. The van der Waals surface area contributed by atoms with Crippen molar-refractivity contribution in [3.8, 4) is 0 Å². The molecule has 2 rings (SSSR count). The number of carboxylic acid groups (broad SMARTS) is 1. The van der Waals surface area contributed by atoms with Gasteiger partial charge in [0.25, 0.3) is 0 Å². The predicted molar refractivity (Wildman–Crippen MR) is 55.1 cm³/mol. The van der Waals surface area contributed by atoms with E-state index in [0.29, 0.717) is 12.5 Å². The summed E-state index contributed by atoms with van der Waals surface area (Å²) in [5, 5.41) is 8.94. The Kier molecular flexibility index (Phi) is 3.00. The highest BCUT2D eigenvalue weighted by Crippen LogP contribution is 2.20. The van der Waals surface area contributed by atoms with Crippen LogP contribution in [0.4, 0.5) is 4.79 Å². The number of carboxylic acids is 1. The first-order valence-electron chi connectivity index (χ1n) is 5.42. The maximum Gasteiger partial charge on any atom is 0.410 e. The minimum Gasteiger partial charge on any atom is -0.480 e. The molecule has 6 heteroatoms. The second-order valence-corrected chi connectivity index (χ2v) is 4.50. The van der Waals surface area contributed by atoms with Crippen LogP contribution in [0.1, 0.15) is 6.42 Å². The fraction of sp³-hybridized carbons (Fsp3) is 0.800. The summed E-state index contributed by atoms with van der Waals surface area (Å²) in [6.07, 6.45) is 0.508. The highest BCUT2D eigenvalue weighted by Gasteiger charge is 2.39. The van der Waals surface area contributed by atoms with Crippen molar-refractivity contribution in [1.82, 2.24) is 9.80 Å². The molecule has 2 aliphatic rings. The summed E-state index contributed by atoms with van der Waals surface area (Å²) in [6, 6.07) is -0.807. The quantitative estimate of drug-likeness (QED) is 0.727. The summed E-state index contributed by atoms with van der Waals surface area (Å²) in [4.78, 5) is 25.8. The van der Waals surface area contributed by atoms with Gasteiger partial charge in [-0.1, -0.05) is 0 Å². The molecule has 0 bridgehead atoms. The molecule has 2 aliphatic heterocycles. The monoisotopic (exact) mass is 228 g/mol. The van der Waals surface area contributed by atoms with E-state index >= 15 is 0 Å². The number of nitrogens with zero attached hydrogens (tertiary/aromatic N) is 2. The van der Waals surface area contributed by atoms with Gasteiger partial charge >= 0.3 is 12.1 Å². The fourth-order valence-corrected chi connectivity index (χ4v) is 2.31. The number of hydrogen-bond acceptors (Lipinski definition) is 4. The molecule has 0 aromatic rings. The number of cyclic esters (lactones) is 1. The van der Waals surface area contributed by atoms with Gasteiger partial charge in [-0.15, -0.1) is 0 Å². The zero-order valence-corrected chi connectivity index (χ0v) is 9.26. The standard InChI is InChI=1S/C10H16N2O4/c1-11-3-2-7(4-11)5-12-8(9(13)14)6-16-10(12)15/h7-8H,2-6H2,1H3,(H,13,14). The molecule has 0 aromatic carbocycles. The Morgan fingerprint density at radius 3 is 2.94 bits per heavy atom. The van der Waals surface area contributed by atoms with Crippen molar-refractivity contribution in [3.63, 3.8) is 0 Å². The molecule has 2 atom stereocenters. The molecule has 0 aromatic heterocycles. The van der Waals surface area contributed by atoms with Gasteiger partial charge < -0.3 is 14.7 Å². The topological polar surface area (TPSA) is 70.1 Å². The lowest BCUT2D eigenvalue weighted by Gasteiger charge is -2.21. The van der Waals surface area contributed by atoms with Crippen molar-refractivity contribution in [3.05, 3.63) is 0 Å². The van der Waals surface area contributed by atoms with Crippen LogP contribution in [0, 0.1) is 5.92 Å². The summed E-state index contributed by atoms with van der Waals surface area (Å²) < 4.78 is 4.77. The molecule has 6 nitrogen and oxygen atoms in total. The molecule has 2 heterocycles. The summed E-state index contributed by atoms with van der Waals surface area (Å²) >= 11 is 0. The average Bonchev–Trinajstić information content (AvgIpc) is 2.76. The number of carbonyl (C=O) groups excluding carboxylic acids is 1. The molecule has 0 aliphatic carbocycles. The van der Waals surface area contributed by atoms with Crippen LogP contribution < -0.4 is 0 Å². The summed E-state index contributed by atoms with van der Waals surface area (Å²) in [6.45, 7) is 2.37. The van der Waals surface area contributed by atoms with E-state index in [1.165, 1.54) is 4.90 Å². The summed E-state index contributed by atoms with van der Waals surface area (Å²) in [5.74, 6) is -0.630. The van der Waals surface area contributed by atoms with E-state index < -0.39 is 18.1 Å². The van der Waals surface area contributed by atoms with Crippen LogP contribution in [0.3, 0.4) is 0 Å². The largest absolute Gasteiger partial charge is 0.480 e. The summed E-state index contributed by atoms with van der Waals surface area (Å²) in [7, 11) is 2.02. The van der Waals surface area contributed by atoms with E-state index in [2.05, 4.69) is 4.90 Å². The van der Waals surface area contributed by atoms with Gasteiger partial charge in [-0.25, -0.2) is 9.59 Å². The van der Waals surface area contributed by atoms with Gasteiger partial charge in [0.05, 0.1) is 0 Å². The molecule has 0 saturated carbocycles. The van der Waals surface area contributed by atoms with Crippen molar-refractivity contribution in [2.24, 2.45) is 5.92 Å². The van der Waals surface area contributed by atoms with E-state index in [9.17, 15) is 9.59 Å². The number of rotatable bonds is 3. The zero-order chi connectivity index (χ0) is 11.7. The van der Waals surface area contributed by atoms with Crippen molar-refractivity contribution in [2.45, 2.75) is 12.5 Å². The van der Waals surface area contributed by atoms with Gasteiger partial charge in [0.1, 0.15) is 6.61 Å². The van der Waals surface area contributed by atoms with Crippen LogP contribution in [0.25, 0.3) is 0 Å². The first-order chi connectivity index (χ1) is 7.58. The van der Waals surface area contributed by atoms with Gasteiger partial charge in [0.15, 0.2) is 6.04 Å². The SMILES string of the molecule is CN1CCC(CN2C(=O)OCC2C(=O)O)C1. The lowest BCUT2D eigenvalue weighted by Crippen LogP contribution is -2.42. The predicted octanol–water partition coefficient (Wildman–Crippen LogP) is -0.156. The first kappa shape index (κ1) is 11.2. The lowest BCUT2D eigenvalue weighted by molar-refractivity contribution is -0.141. The van der Waals surface area contributed by atoms with Gasteiger partial charge in [0.2, 0.25) is 0 Å². The summed E-state index contributed by atoms with van der Waals surface area (Å²) in [5.41, 5.74) is 0. The van der Waals surface area contributed by atoms with E-state index in [0.717, 1.165) is 19.5 Å². The van der Waals surface area contributed by atoms with Crippen LogP contribution in [-0.4, -0.2) is 66.3 Å². The third kappa shape index (κ3) is 2.11. The van der Waals surface area contributed by atoms with E-state index in [-0.39, 0.29) is 6.61 Å². The number of amides is 1. The van der Waals surface area contributed by atoms with Crippen molar-refractivity contribution >= 4 is 12.1 Å². The molecule has 1 N–H and O–H groups in total. The van der Waals surface area contributed by atoms with E-state index in [1.807, 2.05) is 7.05 Å². The number of carbonyl (C=O) groups is 2. The molecular weight excluding hydrogens is 212 g/mol. The van der Waals surface area contributed by atoms with Crippen LogP contribution >= 0.6 is 0 Å². The van der Waals surface area contributed by atoms with Crippen molar-refractivity contribution in [1.29, 1.82) is 0 Å². The number of aliphatic carboxylic acids is 1. The zero-order valence-electron chi connectivity index (χ0n) is 9.26. The van der Waals surface area contributed by atoms with Crippen LogP contribution in [0.2, 0.25) is 0 Å². The molecule has 2 fully saturated rings. The Labute approximate surface area is 93.8 Å². The smallest absolute Gasteiger partial charge is 0.410 e.